The molecule has 0 aliphatic carbocycles. The van der Waals surface area contributed by atoms with Crippen molar-refractivity contribution in [2.24, 2.45) is 0 Å². The van der Waals surface area contributed by atoms with Gasteiger partial charge in [0.05, 0.1) is 0 Å². The molecule has 0 spiro atoms. The van der Waals surface area contributed by atoms with E-state index in [0.29, 0.717) is 12.2 Å². The lowest BCUT2D eigenvalue weighted by Gasteiger charge is -2.17. The van der Waals surface area contributed by atoms with Crippen LogP contribution in [0.1, 0.15) is 30.0 Å². The van der Waals surface area contributed by atoms with Crippen molar-refractivity contribution in [2.75, 3.05) is 5.32 Å². The molecule has 1 heterocycles. The highest BCUT2D eigenvalue weighted by atomic mass is 16.5. The molecule has 138 valence electrons. The molecule has 2 aromatic carbocycles. The smallest absolute Gasteiger partial charge is 0.265 e. The van der Waals surface area contributed by atoms with E-state index in [9.17, 15) is 4.79 Å². The fourth-order valence-corrected chi connectivity index (χ4v) is 2.77. The summed E-state index contributed by atoms with van der Waals surface area (Å²) >= 11 is 0. The number of nitrogens with one attached hydrogen (secondary N) is 1. The van der Waals surface area contributed by atoms with Crippen molar-refractivity contribution in [1.82, 2.24) is 4.98 Å². The molecular weight excluding hydrogens is 336 g/mol. The van der Waals surface area contributed by atoms with Gasteiger partial charge in [-0.2, -0.15) is 0 Å². The first-order chi connectivity index (χ1) is 13.1. The first-order valence-electron chi connectivity index (χ1n) is 9.16. The van der Waals surface area contributed by atoms with Gasteiger partial charge in [-0.15, -0.1) is 0 Å². The van der Waals surface area contributed by atoms with Gasteiger partial charge in [0.1, 0.15) is 5.75 Å². The van der Waals surface area contributed by atoms with E-state index in [4.69, 9.17) is 4.74 Å². The van der Waals surface area contributed by atoms with Gasteiger partial charge >= 0.3 is 0 Å². The van der Waals surface area contributed by atoms with Gasteiger partial charge in [0.2, 0.25) is 0 Å². The molecule has 1 N–H and O–H groups in total. The Kier molecular flexibility index (Phi) is 6.21. The first-order valence-corrected chi connectivity index (χ1v) is 9.16. The van der Waals surface area contributed by atoms with Gasteiger partial charge in [0, 0.05) is 18.1 Å². The topological polar surface area (TPSA) is 51.2 Å². The van der Waals surface area contributed by atoms with E-state index < -0.39 is 6.10 Å². The zero-order valence-corrected chi connectivity index (χ0v) is 15.7. The van der Waals surface area contributed by atoms with Crippen LogP contribution in [0, 0.1) is 6.92 Å². The van der Waals surface area contributed by atoms with Crippen LogP contribution in [0.4, 0.5) is 5.69 Å². The molecule has 3 rings (SSSR count). The van der Waals surface area contributed by atoms with Gasteiger partial charge in [0.15, 0.2) is 6.10 Å². The van der Waals surface area contributed by atoms with Gasteiger partial charge in [-0.3, -0.25) is 9.78 Å². The van der Waals surface area contributed by atoms with Crippen molar-refractivity contribution in [3.63, 3.8) is 0 Å². The van der Waals surface area contributed by atoms with Crippen molar-refractivity contribution in [3.8, 4) is 5.75 Å². The molecule has 0 bridgehead atoms. The SMILES string of the molecule is CCC(Oc1ccc(C)cc1)C(=O)Nc1ccc(Cc2ccncc2)cc1. The van der Waals surface area contributed by atoms with Crippen LogP contribution in [-0.4, -0.2) is 17.0 Å². The van der Waals surface area contributed by atoms with Gasteiger partial charge in [0.25, 0.3) is 5.91 Å². The number of hydrogen-bond donors (Lipinski definition) is 1. The Bertz CT molecular complexity index is 859. The van der Waals surface area contributed by atoms with Gasteiger partial charge < -0.3 is 10.1 Å². The zero-order valence-electron chi connectivity index (χ0n) is 15.7. The molecule has 1 amide bonds. The average molecular weight is 360 g/mol. The number of aromatic nitrogens is 1. The summed E-state index contributed by atoms with van der Waals surface area (Å²) in [6.45, 7) is 3.96. The summed E-state index contributed by atoms with van der Waals surface area (Å²) in [6.07, 6.45) is 4.50. The number of ether oxygens (including phenoxy) is 1. The number of aryl methyl sites for hydroxylation is 1. The number of carbonyl (C=O) groups excluding carboxylic acids is 1. The Balaban J connectivity index is 1.59. The van der Waals surface area contributed by atoms with E-state index in [1.54, 1.807) is 12.4 Å². The Morgan fingerprint density at radius 2 is 1.59 bits per heavy atom. The van der Waals surface area contributed by atoms with Crippen LogP contribution in [0.3, 0.4) is 0 Å². The minimum absolute atomic E-state index is 0.139. The van der Waals surface area contributed by atoms with Crippen LogP contribution in [0.25, 0.3) is 0 Å². The summed E-state index contributed by atoms with van der Waals surface area (Å²) < 4.78 is 5.84. The minimum atomic E-state index is -0.524. The van der Waals surface area contributed by atoms with Crippen LogP contribution in [-0.2, 0) is 11.2 Å². The van der Waals surface area contributed by atoms with Crippen molar-refractivity contribution in [3.05, 3.63) is 89.7 Å². The number of anilines is 1. The molecule has 1 unspecified atom stereocenters. The maximum absolute atomic E-state index is 12.5. The molecule has 0 fully saturated rings. The monoisotopic (exact) mass is 360 g/mol. The second kappa shape index (κ2) is 8.99. The highest BCUT2D eigenvalue weighted by Crippen LogP contribution is 2.17. The summed E-state index contributed by atoms with van der Waals surface area (Å²) in [5, 5.41) is 2.94. The lowest BCUT2D eigenvalue weighted by Crippen LogP contribution is -2.32. The standard InChI is InChI=1S/C23H24N2O2/c1-3-22(27-21-10-4-17(2)5-11-21)23(26)25-20-8-6-18(7-9-20)16-19-12-14-24-15-13-19/h4-15,22H,3,16H2,1-2H3,(H,25,26). The van der Waals surface area contributed by atoms with E-state index in [1.807, 2.05) is 74.5 Å². The van der Waals surface area contributed by atoms with Gasteiger partial charge in [-0.1, -0.05) is 36.8 Å². The highest BCUT2D eigenvalue weighted by Gasteiger charge is 2.18. The maximum atomic E-state index is 12.5. The molecule has 0 radical (unpaired) electrons. The summed E-state index contributed by atoms with van der Waals surface area (Å²) in [5.41, 5.74) is 4.32. The number of nitrogens with zero attached hydrogens (tertiary/aromatic N) is 1. The molecule has 0 saturated carbocycles. The molecule has 1 aromatic heterocycles. The Labute approximate surface area is 160 Å². The van der Waals surface area contributed by atoms with Gasteiger partial charge in [-0.05, 0) is 67.3 Å². The number of amides is 1. The minimum Gasteiger partial charge on any atom is -0.481 e. The molecule has 3 aromatic rings. The average Bonchev–Trinajstić information content (AvgIpc) is 2.70. The molecular formula is C23H24N2O2. The summed E-state index contributed by atoms with van der Waals surface area (Å²) in [5.74, 6) is 0.565. The molecule has 1 atom stereocenters. The molecule has 0 aliphatic rings. The van der Waals surface area contributed by atoms with Crippen LogP contribution >= 0.6 is 0 Å². The largest absolute Gasteiger partial charge is 0.481 e. The summed E-state index contributed by atoms with van der Waals surface area (Å²) in [7, 11) is 0. The third-order valence-electron chi connectivity index (χ3n) is 4.34. The van der Waals surface area contributed by atoms with Crippen molar-refractivity contribution in [1.29, 1.82) is 0 Å². The highest BCUT2D eigenvalue weighted by molar-refractivity contribution is 5.94. The van der Waals surface area contributed by atoms with Crippen LogP contribution in [0.15, 0.2) is 73.1 Å². The van der Waals surface area contributed by atoms with E-state index in [1.165, 1.54) is 11.1 Å². The number of pyridine rings is 1. The van der Waals surface area contributed by atoms with Crippen molar-refractivity contribution >= 4 is 11.6 Å². The van der Waals surface area contributed by atoms with E-state index >= 15 is 0 Å². The molecule has 27 heavy (non-hydrogen) atoms. The van der Waals surface area contributed by atoms with E-state index in [0.717, 1.165) is 17.7 Å². The lowest BCUT2D eigenvalue weighted by molar-refractivity contribution is -0.122. The van der Waals surface area contributed by atoms with Crippen molar-refractivity contribution in [2.45, 2.75) is 32.8 Å². The molecule has 0 saturated heterocycles. The Hall–Kier alpha value is -3.14. The third-order valence-corrected chi connectivity index (χ3v) is 4.34. The van der Waals surface area contributed by atoms with Crippen molar-refractivity contribution < 1.29 is 9.53 Å². The quantitative estimate of drug-likeness (QED) is 0.660. The molecule has 4 nitrogen and oxygen atoms in total. The normalized spacial score (nSPS) is 11.6. The van der Waals surface area contributed by atoms with E-state index in [-0.39, 0.29) is 5.91 Å². The first kappa shape index (κ1) is 18.6. The van der Waals surface area contributed by atoms with Crippen LogP contribution < -0.4 is 10.1 Å². The molecule has 0 aliphatic heterocycles. The Morgan fingerprint density at radius 1 is 0.963 bits per heavy atom. The second-order valence-electron chi connectivity index (χ2n) is 6.55. The maximum Gasteiger partial charge on any atom is 0.265 e. The number of carbonyl (C=O) groups is 1. The fraction of sp³-hybridized carbons (Fsp3) is 0.217. The predicted molar refractivity (Wildman–Crippen MR) is 108 cm³/mol. The Morgan fingerprint density at radius 3 is 2.22 bits per heavy atom. The van der Waals surface area contributed by atoms with Crippen LogP contribution in [0.5, 0.6) is 5.75 Å². The fourth-order valence-electron chi connectivity index (χ4n) is 2.77. The zero-order chi connectivity index (χ0) is 19.1. The lowest BCUT2D eigenvalue weighted by atomic mass is 10.1. The number of hydrogen-bond acceptors (Lipinski definition) is 3. The predicted octanol–water partition coefficient (Wildman–Crippen LogP) is 4.78. The third kappa shape index (κ3) is 5.42. The second-order valence-corrected chi connectivity index (χ2v) is 6.55. The van der Waals surface area contributed by atoms with Crippen LogP contribution in [0.2, 0.25) is 0 Å². The van der Waals surface area contributed by atoms with E-state index in [2.05, 4.69) is 10.3 Å². The summed E-state index contributed by atoms with van der Waals surface area (Å²) in [6, 6.07) is 19.6. The number of rotatable bonds is 7. The summed E-state index contributed by atoms with van der Waals surface area (Å²) in [4.78, 5) is 16.6. The van der Waals surface area contributed by atoms with Gasteiger partial charge in [-0.25, -0.2) is 0 Å². The number of benzene rings is 2. The molecule has 4 heteroatoms.